The van der Waals surface area contributed by atoms with Crippen LogP contribution in [0.15, 0.2) is 12.1 Å². The van der Waals surface area contributed by atoms with Crippen LogP contribution in [-0.2, 0) is 22.4 Å². The van der Waals surface area contributed by atoms with Crippen molar-refractivity contribution in [3.8, 4) is 0 Å². The molecule has 0 radical (unpaired) electrons. The molecule has 2 heterocycles. The molecule has 10 nitrogen and oxygen atoms in total. The molecule has 0 saturated carbocycles. The zero-order chi connectivity index (χ0) is 23.5. The number of imide groups is 2. The molecular weight excluding hydrogens is 420 g/mol. The third-order valence-corrected chi connectivity index (χ3v) is 5.84. The summed E-state index contributed by atoms with van der Waals surface area (Å²) in [5.41, 5.74) is 1.19. The van der Waals surface area contributed by atoms with Gasteiger partial charge in [0.25, 0.3) is 23.6 Å². The van der Waals surface area contributed by atoms with Crippen molar-refractivity contribution in [3.05, 3.63) is 45.5 Å². The van der Waals surface area contributed by atoms with Gasteiger partial charge in [0, 0.05) is 21.9 Å². The summed E-state index contributed by atoms with van der Waals surface area (Å²) >= 11 is 0. The Kier molecular flexibility index (Phi) is 4.80. The van der Waals surface area contributed by atoms with Gasteiger partial charge >= 0.3 is 11.9 Å². The molecule has 0 fully saturated rings. The predicted molar refractivity (Wildman–Crippen MR) is 109 cm³/mol. The average molecular weight is 438 g/mol. The zero-order valence-electron chi connectivity index (χ0n) is 17.2. The molecule has 164 valence electrons. The minimum atomic E-state index is -1.36. The summed E-state index contributed by atoms with van der Waals surface area (Å²) in [6, 6.07) is 2.62. The fraction of sp³-hybridized carbons (Fsp3) is 0.273. The number of hydrogen-bond acceptors (Lipinski definition) is 6. The van der Waals surface area contributed by atoms with Crippen LogP contribution in [0.25, 0.3) is 10.8 Å². The first-order valence-electron chi connectivity index (χ1n) is 9.94. The van der Waals surface area contributed by atoms with Gasteiger partial charge in [-0.3, -0.25) is 38.6 Å². The largest absolute Gasteiger partial charge is 0.480 e. The highest BCUT2D eigenvalue weighted by Gasteiger charge is 2.43. The second-order valence-corrected chi connectivity index (χ2v) is 7.51. The minimum Gasteiger partial charge on any atom is -0.480 e. The monoisotopic (exact) mass is 438 g/mol. The molecule has 2 aromatic rings. The van der Waals surface area contributed by atoms with E-state index in [-0.39, 0.29) is 33.0 Å². The van der Waals surface area contributed by atoms with E-state index in [1.807, 2.05) is 0 Å². The Labute approximate surface area is 181 Å². The van der Waals surface area contributed by atoms with Crippen molar-refractivity contribution >= 4 is 46.3 Å². The first-order chi connectivity index (χ1) is 15.1. The van der Waals surface area contributed by atoms with E-state index in [2.05, 4.69) is 0 Å². The molecule has 4 rings (SSSR count). The van der Waals surface area contributed by atoms with Crippen molar-refractivity contribution in [3.63, 3.8) is 0 Å². The predicted octanol–water partition coefficient (Wildman–Crippen LogP) is 1.33. The highest BCUT2D eigenvalue weighted by atomic mass is 16.4. The van der Waals surface area contributed by atoms with E-state index in [1.54, 1.807) is 13.8 Å². The summed E-state index contributed by atoms with van der Waals surface area (Å²) in [6.45, 7) is 1.87. The van der Waals surface area contributed by atoms with E-state index in [4.69, 9.17) is 0 Å². The second-order valence-electron chi connectivity index (χ2n) is 7.51. The smallest absolute Gasteiger partial charge is 0.323 e. The Bertz CT molecular complexity index is 1190. The molecule has 0 bridgehead atoms. The number of aliphatic carboxylic acids is 2. The summed E-state index contributed by atoms with van der Waals surface area (Å²) in [6.07, 6.45) is 0.595. The maximum Gasteiger partial charge on any atom is 0.323 e. The highest BCUT2D eigenvalue weighted by molar-refractivity contribution is 6.34. The third kappa shape index (κ3) is 2.72. The fourth-order valence-electron chi connectivity index (χ4n) is 4.64. The van der Waals surface area contributed by atoms with Crippen LogP contribution >= 0.6 is 0 Å². The lowest BCUT2D eigenvalue weighted by molar-refractivity contribution is -0.138. The van der Waals surface area contributed by atoms with Crippen molar-refractivity contribution in [1.29, 1.82) is 0 Å². The topological polar surface area (TPSA) is 149 Å². The van der Waals surface area contributed by atoms with Gasteiger partial charge in [-0.1, -0.05) is 13.8 Å². The number of carboxylic acid groups (broad SMARTS) is 2. The van der Waals surface area contributed by atoms with Gasteiger partial charge in [0.2, 0.25) is 0 Å². The number of benzene rings is 2. The molecule has 4 amide bonds. The van der Waals surface area contributed by atoms with Crippen LogP contribution in [0.4, 0.5) is 0 Å². The van der Waals surface area contributed by atoms with Gasteiger partial charge in [-0.2, -0.15) is 0 Å². The van der Waals surface area contributed by atoms with Gasteiger partial charge < -0.3 is 10.2 Å². The second kappa shape index (κ2) is 7.26. The normalized spacial score (nSPS) is 15.1. The van der Waals surface area contributed by atoms with Crippen LogP contribution in [0.2, 0.25) is 0 Å². The van der Waals surface area contributed by atoms with Crippen LogP contribution in [0.1, 0.15) is 66.4 Å². The Morgan fingerprint density at radius 1 is 0.688 bits per heavy atom. The number of carbonyl (C=O) groups excluding carboxylic acids is 4. The molecule has 2 N–H and O–H groups in total. The lowest BCUT2D eigenvalue weighted by Gasteiger charge is -2.34. The number of carboxylic acids is 2. The number of nitrogens with zero attached hydrogens (tertiary/aromatic N) is 2. The first kappa shape index (κ1) is 21.2. The van der Waals surface area contributed by atoms with E-state index < -0.39 is 48.7 Å². The number of rotatable bonds is 6. The molecule has 2 aromatic carbocycles. The van der Waals surface area contributed by atoms with Gasteiger partial charge in [-0.05, 0) is 36.1 Å². The standard InChI is InChI=1S/C22H18N2O8/c1-3-9-10(4-2)18-16-12(20(30)24(22(18)32)8-14(27)28)6-5-11-15(16)17(9)21(31)23(19(11)29)7-13(25)26/h5-6H,3-4,7-8H2,1-2H3,(H,25,26)(H,27,28). The minimum absolute atomic E-state index is 0.0190. The molecule has 0 aliphatic carbocycles. The Balaban J connectivity index is 2.15. The van der Waals surface area contributed by atoms with Crippen molar-refractivity contribution in [2.45, 2.75) is 26.7 Å². The summed E-state index contributed by atoms with van der Waals surface area (Å²) in [5, 5.41) is 18.7. The summed E-state index contributed by atoms with van der Waals surface area (Å²) < 4.78 is 0. The maximum atomic E-state index is 13.3. The van der Waals surface area contributed by atoms with E-state index in [1.165, 1.54) is 12.1 Å². The van der Waals surface area contributed by atoms with Gasteiger partial charge in [0.15, 0.2) is 0 Å². The molecule has 0 spiro atoms. The van der Waals surface area contributed by atoms with Crippen LogP contribution in [-0.4, -0.2) is 68.7 Å². The molecule has 0 aromatic heterocycles. The quantitative estimate of drug-likeness (QED) is 0.642. The summed E-state index contributed by atoms with van der Waals surface area (Å²) in [4.78, 5) is 76.4. The Morgan fingerprint density at radius 2 is 1.03 bits per heavy atom. The zero-order valence-corrected chi connectivity index (χ0v) is 17.2. The van der Waals surface area contributed by atoms with Crippen LogP contribution in [0.3, 0.4) is 0 Å². The van der Waals surface area contributed by atoms with Crippen LogP contribution in [0, 0.1) is 0 Å². The molecule has 32 heavy (non-hydrogen) atoms. The van der Waals surface area contributed by atoms with Crippen molar-refractivity contribution in [2.75, 3.05) is 13.1 Å². The molecule has 2 aliphatic heterocycles. The molecule has 2 aliphatic rings. The van der Waals surface area contributed by atoms with Crippen LogP contribution in [0.5, 0.6) is 0 Å². The molecule has 0 atom stereocenters. The van der Waals surface area contributed by atoms with Crippen LogP contribution < -0.4 is 0 Å². The average Bonchev–Trinajstić information content (AvgIpc) is 2.74. The van der Waals surface area contributed by atoms with Crippen molar-refractivity contribution < 1.29 is 39.0 Å². The van der Waals surface area contributed by atoms with Gasteiger partial charge in [-0.25, -0.2) is 0 Å². The first-order valence-corrected chi connectivity index (χ1v) is 9.94. The number of carbonyl (C=O) groups is 6. The van der Waals surface area contributed by atoms with Gasteiger partial charge in [-0.15, -0.1) is 0 Å². The summed E-state index contributed by atoms with van der Waals surface area (Å²) in [5.74, 6) is -5.97. The van der Waals surface area contributed by atoms with E-state index in [9.17, 15) is 39.0 Å². The summed E-state index contributed by atoms with van der Waals surface area (Å²) in [7, 11) is 0. The van der Waals surface area contributed by atoms with E-state index in [0.29, 0.717) is 33.8 Å². The number of amides is 4. The maximum absolute atomic E-state index is 13.3. The fourth-order valence-corrected chi connectivity index (χ4v) is 4.64. The molecular formula is C22H18N2O8. The number of hydrogen-bond donors (Lipinski definition) is 2. The van der Waals surface area contributed by atoms with E-state index in [0.717, 1.165) is 0 Å². The van der Waals surface area contributed by atoms with E-state index >= 15 is 0 Å². The molecule has 0 saturated heterocycles. The highest BCUT2D eigenvalue weighted by Crippen LogP contribution is 2.42. The third-order valence-electron chi connectivity index (χ3n) is 5.84. The lowest BCUT2D eigenvalue weighted by atomic mass is 9.79. The molecule has 10 heteroatoms. The van der Waals surface area contributed by atoms with Crippen molar-refractivity contribution in [2.24, 2.45) is 0 Å². The lowest BCUT2D eigenvalue weighted by Crippen LogP contribution is -2.46. The Morgan fingerprint density at radius 3 is 1.31 bits per heavy atom. The Hall–Kier alpha value is -4.08. The molecule has 0 unspecified atom stereocenters. The van der Waals surface area contributed by atoms with Crippen molar-refractivity contribution in [1.82, 2.24) is 9.80 Å². The SMILES string of the molecule is CCc1c(CC)c2c3c(ccc4c3c1C(=O)N(CC(=O)O)C4=O)C(=O)N(CC(=O)O)C2=O. The van der Waals surface area contributed by atoms with Gasteiger partial charge in [0.05, 0.1) is 11.1 Å². The van der Waals surface area contributed by atoms with Gasteiger partial charge in [0.1, 0.15) is 13.1 Å².